The van der Waals surface area contributed by atoms with Crippen molar-refractivity contribution in [1.29, 1.82) is 0 Å². The minimum atomic E-state index is -1.87. The summed E-state index contributed by atoms with van der Waals surface area (Å²) >= 11 is -0.0375. The molecule has 15 heteroatoms. The van der Waals surface area contributed by atoms with Crippen LogP contribution in [0, 0.1) is 29.6 Å². The summed E-state index contributed by atoms with van der Waals surface area (Å²) in [6, 6.07) is 10.1. The summed E-state index contributed by atoms with van der Waals surface area (Å²) < 4.78 is 65.2. The van der Waals surface area contributed by atoms with Gasteiger partial charge in [0, 0.05) is 27.1 Å². The second-order valence-corrected chi connectivity index (χ2v) is 22.5. The van der Waals surface area contributed by atoms with E-state index < -0.39 is 97.1 Å². The molecule has 1 aromatic carbocycles. The number of fused-ring (bicyclic) bond motifs is 2. The van der Waals surface area contributed by atoms with Gasteiger partial charge in [-0.05, 0) is 19.8 Å². The number of aliphatic hydroxyl groups is 3. The number of benzene rings is 1. The van der Waals surface area contributed by atoms with Crippen molar-refractivity contribution in [2.24, 2.45) is 29.6 Å². The van der Waals surface area contributed by atoms with Gasteiger partial charge in [-0.3, -0.25) is 0 Å². The summed E-state index contributed by atoms with van der Waals surface area (Å²) in [6.07, 6.45) is 7.73. The molecule has 68 heavy (non-hydrogen) atoms. The van der Waals surface area contributed by atoms with Crippen LogP contribution in [0.25, 0.3) is 0 Å². The Morgan fingerprint density at radius 3 is 2.41 bits per heavy atom. The number of hydrogen-bond donors (Lipinski definition) is 3. The average Bonchev–Trinajstić information content (AvgIpc) is 3.66. The van der Waals surface area contributed by atoms with Crippen LogP contribution < -0.4 is 4.46 Å². The number of methoxy groups -OCH3 is 2. The second kappa shape index (κ2) is 22.0. The number of carbonyl (C=O) groups is 1. The standard InChI is InChI=1S/C53H74O14Se/c1-29(2)46-32(5)20-21-52(67-46)26-38-24-37(66-52)19-18-31(4)47(63-42-22-33(6)48(51(59-9)65-42)64-43-25-41(58-8)44(54)34(7)61-43)30(3)14-13-15-36-27-60-49-45(55)35(28-68-39-16-11-10-12-17-39)23-40(50(56)62-38)53(36,49)57/h10-18,20-21,23,29-30,32-34,37-38,40-49,51,54-55,57H,19,22,24-28H2,1-9H3/b14-13+,31-18+,36-15+/t30-,32-,33+,34-,37+,38-,40-,41-,42-,43-,44-,45+,46-,47-,48-,49+,51-,52+,53+/m0/s1. The molecular weight excluding hydrogens is 940 g/mol. The van der Waals surface area contributed by atoms with Gasteiger partial charge in [0.05, 0.1) is 12.2 Å². The van der Waals surface area contributed by atoms with Crippen LogP contribution in [-0.2, 0) is 52.2 Å². The van der Waals surface area contributed by atoms with Crippen molar-refractivity contribution in [3.8, 4) is 0 Å². The smallest absolute Gasteiger partial charge is 0.161 e. The average molecular weight is 1010 g/mol. The maximum atomic E-state index is 14.8. The number of esters is 1. The van der Waals surface area contributed by atoms with Gasteiger partial charge in [-0.25, -0.2) is 0 Å². The topological polar surface area (TPSA) is 170 Å². The molecule has 4 saturated heterocycles. The van der Waals surface area contributed by atoms with Gasteiger partial charge in [-0.2, -0.15) is 0 Å². The first-order chi connectivity index (χ1) is 32.5. The summed E-state index contributed by atoms with van der Waals surface area (Å²) in [4.78, 5) is 14.8. The Hall–Kier alpha value is -2.57. The van der Waals surface area contributed by atoms with Gasteiger partial charge < -0.3 is 28.8 Å². The van der Waals surface area contributed by atoms with Crippen LogP contribution in [0.4, 0.5) is 0 Å². The largest absolute Gasteiger partial charge is 0.388 e. The summed E-state index contributed by atoms with van der Waals surface area (Å²) in [7, 11) is 3.16. The second-order valence-electron chi connectivity index (χ2n) is 20.3. The molecule has 6 heterocycles. The molecule has 0 aromatic heterocycles. The summed E-state index contributed by atoms with van der Waals surface area (Å²) in [5.74, 6) is -2.76. The van der Waals surface area contributed by atoms with Crippen LogP contribution in [0.15, 0.2) is 89.6 Å². The molecule has 0 unspecified atom stereocenters. The van der Waals surface area contributed by atoms with Gasteiger partial charge in [0.15, 0.2) is 18.9 Å². The Morgan fingerprint density at radius 2 is 1.68 bits per heavy atom. The van der Waals surface area contributed by atoms with E-state index in [4.69, 9.17) is 47.4 Å². The van der Waals surface area contributed by atoms with Crippen LogP contribution in [-0.4, -0.2) is 148 Å². The van der Waals surface area contributed by atoms with Crippen molar-refractivity contribution >= 4 is 25.4 Å². The summed E-state index contributed by atoms with van der Waals surface area (Å²) in [5, 5.41) is 35.8. The van der Waals surface area contributed by atoms with E-state index in [1.807, 2.05) is 43.4 Å². The van der Waals surface area contributed by atoms with E-state index in [-0.39, 0.29) is 57.8 Å². The Morgan fingerprint density at radius 1 is 0.912 bits per heavy atom. The van der Waals surface area contributed by atoms with E-state index in [0.29, 0.717) is 42.1 Å². The van der Waals surface area contributed by atoms with E-state index in [9.17, 15) is 20.1 Å². The van der Waals surface area contributed by atoms with Gasteiger partial charge in [0.1, 0.15) is 12.2 Å². The van der Waals surface area contributed by atoms with E-state index in [2.05, 4.69) is 58.9 Å². The first-order valence-corrected chi connectivity index (χ1v) is 26.6. The Labute approximate surface area is 408 Å². The molecule has 7 aliphatic rings. The Kier molecular flexibility index (Phi) is 16.8. The third-order valence-corrected chi connectivity index (χ3v) is 17.2. The maximum Gasteiger partial charge on any atom is 0.161 e. The van der Waals surface area contributed by atoms with E-state index in [1.54, 1.807) is 33.3 Å². The van der Waals surface area contributed by atoms with Crippen LogP contribution in [0.1, 0.15) is 80.6 Å². The molecule has 376 valence electrons. The number of aliphatic hydroxyl groups excluding tert-OH is 2. The van der Waals surface area contributed by atoms with Crippen molar-refractivity contribution in [2.45, 2.75) is 177 Å². The van der Waals surface area contributed by atoms with Gasteiger partial charge in [0.2, 0.25) is 0 Å². The third kappa shape index (κ3) is 11.1. The molecule has 1 aromatic rings. The molecule has 8 rings (SSSR count). The van der Waals surface area contributed by atoms with E-state index in [1.165, 1.54) is 0 Å². The zero-order valence-electron chi connectivity index (χ0n) is 41.0. The Balaban J connectivity index is 1.10. The zero-order valence-corrected chi connectivity index (χ0v) is 42.7. The molecule has 0 radical (unpaired) electrons. The van der Waals surface area contributed by atoms with Crippen molar-refractivity contribution in [2.75, 3.05) is 20.8 Å². The number of carbonyl (C=O) groups excluding carboxylic acids is 1. The maximum absolute atomic E-state index is 14.8. The van der Waals surface area contributed by atoms with Crippen LogP contribution in [0.5, 0.6) is 0 Å². The molecule has 4 fully saturated rings. The molecule has 14 nitrogen and oxygen atoms in total. The number of ether oxygens (including phenoxy) is 10. The molecule has 0 saturated carbocycles. The van der Waals surface area contributed by atoms with Crippen LogP contribution in [0.2, 0.25) is 5.32 Å². The molecule has 1 aliphatic carbocycles. The molecular formula is C53H74O14Se. The van der Waals surface area contributed by atoms with Crippen LogP contribution in [0.3, 0.4) is 0 Å². The number of rotatable bonds is 10. The first kappa shape index (κ1) is 51.8. The molecule has 6 aliphatic heterocycles. The first-order valence-electron chi connectivity index (χ1n) is 24.6. The van der Waals surface area contributed by atoms with Gasteiger partial charge in [-0.1, -0.05) is 27.7 Å². The van der Waals surface area contributed by atoms with E-state index in [0.717, 1.165) is 10.0 Å². The van der Waals surface area contributed by atoms with Gasteiger partial charge >= 0.3 is 263 Å². The Bertz CT molecular complexity index is 2040. The van der Waals surface area contributed by atoms with Crippen molar-refractivity contribution < 1.29 is 67.5 Å². The van der Waals surface area contributed by atoms with Gasteiger partial charge in [-0.15, -0.1) is 0 Å². The fraction of sp³-hybridized carbons (Fsp3) is 0.679. The normalized spacial score (nSPS) is 45.4. The van der Waals surface area contributed by atoms with Crippen molar-refractivity contribution in [3.63, 3.8) is 0 Å². The molecule has 2 bridgehead atoms. The predicted molar refractivity (Wildman–Crippen MR) is 253 cm³/mol. The molecule has 0 amide bonds. The SMILES string of the molecule is CO[C@H]1O[C@H](O[C@@H]2/C(C)=C/C[C@@H]3C[C@@H](C[C@]4(C=C[C@H](C)[C@H](C(C)C)O4)O3)OC(=O)[C@@H]3C=C(C[Se]c4ccccc4)[C@@H](O)[C@H]4OC/C(=C\C=C\[C@@H]2C)[C@]43O)C[C@@H](C)[C@@H]1O[C@H]1C[C@H](OC)[C@@H](O)[C@H](C)O1. The fourth-order valence-electron chi connectivity index (χ4n) is 11.1. The monoisotopic (exact) mass is 1010 g/mol. The summed E-state index contributed by atoms with van der Waals surface area (Å²) in [5.41, 5.74) is 0.215. The predicted octanol–water partition coefficient (Wildman–Crippen LogP) is 5.62. The van der Waals surface area contributed by atoms with Gasteiger partial charge in [0.25, 0.3) is 0 Å². The minimum absolute atomic E-state index is 0.0212. The third-order valence-electron chi connectivity index (χ3n) is 15.0. The fourth-order valence-corrected chi connectivity index (χ4v) is 13.1. The zero-order chi connectivity index (χ0) is 48.5. The minimum Gasteiger partial charge on any atom is -0.388 e. The number of hydrogen-bond acceptors (Lipinski definition) is 14. The van der Waals surface area contributed by atoms with Crippen LogP contribution >= 0.6 is 0 Å². The molecule has 1 spiro atoms. The number of allylic oxidation sites excluding steroid dienone is 2. The molecule has 3 N–H and O–H groups in total. The summed E-state index contributed by atoms with van der Waals surface area (Å²) in [6.45, 7) is 14.4. The molecule has 19 atom stereocenters. The quantitative estimate of drug-likeness (QED) is 0.150. The van der Waals surface area contributed by atoms with E-state index >= 15 is 0 Å². The van der Waals surface area contributed by atoms with Crippen molar-refractivity contribution in [3.05, 3.63) is 89.6 Å². The van der Waals surface area contributed by atoms with Crippen molar-refractivity contribution in [1.82, 2.24) is 0 Å².